The lowest BCUT2D eigenvalue weighted by atomic mass is 10.1. The zero-order chi connectivity index (χ0) is 13.5. The minimum Gasteiger partial charge on any atom is -0.463 e. The number of rotatable bonds is 4. The summed E-state index contributed by atoms with van der Waals surface area (Å²) in [6.45, 7) is 5.09. The van der Waals surface area contributed by atoms with Crippen molar-refractivity contribution in [2.24, 2.45) is 0 Å². The zero-order valence-electron chi connectivity index (χ0n) is 10.8. The molecule has 0 aromatic heterocycles. The standard InChI is InChI=1S/C14H17NO3/c1-4-18-14(17)10(2)13(15-11(3)16)12-8-6-5-7-9-12/h5-9H,4H2,1-3H3,(H,15,16)/b13-10-. The van der Waals surface area contributed by atoms with Gasteiger partial charge in [-0.3, -0.25) is 4.79 Å². The van der Waals surface area contributed by atoms with Crippen LogP contribution in [0.4, 0.5) is 0 Å². The minimum absolute atomic E-state index is 0.225. The molecule has 0 atom stereocenters. The number of carbonyl (C=O) groups is 2. The van der Waals surface area contributed by atoms with Gasteiger partial charge in [0.1, 0.15) is 0 Å². The van der Waals surface area contributed by atoms with E-state index in [-0.39, 0.29) is 5.91 Å². The third-order valence-electron chi connectivity index (χ3n) is 2.32. The van der Waals surface area contributed by atoms with Crippen LogP contribution in [0, 0.1) is 0 Å². The molecule has 1 N–H and O–H groups in total. The molecule has 0 heterocycles. The molecule has 0 saturated carbocycles. The molecule has 1 amide bonds. The highest BCUT2D eigenvalue weighted by molar-refractivity contribution is 5.99. The van der Waals surface area contributed by atoms with Crippen LogP contribution >= 0.6 is 0 Å². The molecule has 0 fully saturated rings. The first-order valence-electron chi connectivity index (χ1n) is 5.77. The topological polar surface area (TPSA) is 55.4 Å². The maximum absolute atomic E-state index is 11.7. The number of esters is 1. The van der Waals surface area contributed by atoms with E-state index in [1.807, 2.05) is 30.3 Å². The van der Waals surface area contributed by atoms with Crippen LogP contribution in [0.5, 0.6) is 0 Å². The Hall–Kier alpha value is -2.10. The number of hydrogen-bond donors (Lipinski definition) is 1. The van der Waals surface area contributed by atoms with Crippen molar-refractivity contribution in [2.45, 2.75) is 20.8 Å². The maximum atomic E-state index is 11.7. The van der Waals surface area contributed by atoms with Crippen molar-refractivity contribution in [2.75, 3.05) is 6.61 Å². The van der Waals surface area contributed by atoms with Gasteiger partial charge in [-0.15, -0.1) is 0 Å². The van der Waals surface area contributed by atoms with Gasteiger partial charge in [0.2, 0.25) is 5.91 Å². The van der Waals surface area contributed by atoms with E-state index in [4.69, 9.17) is 4.74 Å². The highest BCUT2D eigenvalue weighted by Gasteiger charge is 2.14. The van der Waals surface area contributed by atoms with E-state index >= 15 is 0 Å². The molecule has 4 heteroatoms. The first kappa shape index (κ1) is 14.0. The van der Waals surface area contributed by atoms with Gasteiger partial charge in [-0.2, -0.15) is 0 Å². The third kappa shape index (κ3) is 3.73. The fourth-order valence-electron chi connectivity index (χ4n) is 1.50. The number of benzene rings is 1. The Morgan fingerprint density at radius 1 is 1.17 bits per heavy atom. The number of hydrogen-bond acceptors (Lipinski definition) is 3. The van der Waals surface area contributed by atoms with Gasteiger partial charge in [-0.05, 0) is 19.4 Å². The van der Waals surface area contributed by atoms with Gasteiger partial charge in [0.15, 0.2) is 0 Å². The van der Waals surface area contributed by atoms with Crippen molar-refractivity contribution < 1.29 is 14.3 Å². The SMILES string of the molecule is CCOC(=O)/C(C)=C(\NC(C)=O)c1ccccc1. The lowest BCUT2D eigenvalue weighted by Gasteiger charge is -2.12. The van der Waals surface area contributed by atoms with E-state index in [9.17, 15) is 9.59 Å². The van der Waals surface area contributed by atoms with Crippen LogP contribution in [0.25, 0.3) is 5.70 Å². The molecule has 0 radical (unpaired) electrons. The average molecular weight is 247 g/mol. The molecule has 1 aromatic rings. The Morgan fingerprint density at radius 2 is 1.78 bits per heavy atom. The van der Waals surface area contributed by atoms with E-state index in [0.29, 0.717) is 17.9 Å². The molecule has 0 aliphatic carbocycles. The molecule has 96 valence electrons. The largest absolute Gasteiger partial charge is 0.463 e. The van der Waals surface area contributed by atoms with Crippen LogP contribution in [0.2, 0.25) is 0 Å². The smallest absolute Gasteiger partial charge is 0.335 e. The number of ether oxygens (including phenoxy) is 1. The van der Waals surface area contributed by atoms with Crippen molar-refractivity contribution >= 4 is 17.6 Å². The second-order valence-corrected chi connectivity index (χ2v) is 3.77. The van der Waals surface area contributed by atoms with Crippen molar-refractivity contribution in [1.29, 1.82) is 0 Å². The Bertz CT molecular complexity index is 463. The molecule has 0 spiro atoms. The van der Waals surface area contributed by atoms with Gasteiger partial charge >= 0.3 is 5.97 Å². The number of nitrogens with one attached hydrogen (secondary N) is 1. The van der Waals surface area contributed by atoms with E-state index in [1.54, 1.807) is 13.8 Å². The summed E-state index contributed by atoms with van der Waals surface area (Å²) < 4.78 is 4.94. The lowest BCUT2D eigenvalue weighted by Crippen LogP contribution is -2.22. The Balaban J connectivity index is 3.16. The lowest BCUT2D eigenvalue weighted by molar-refractivity contribution is -0.138. The van der Waals surface area contributed by atoms with Crippen molar-refractivity contribution in [3.63, 3.8) is 0 Å². The molecular formula is C14H17NO3. The van der Waals surface area contributed by atoms with Gasteiger partial charge < -0.3 is 10.1 Å². The first-order valence-corrected chi connectivity index (χ1v) is 5.77. The summed E-state index contributed by atoms with van der Waals surface area (Å²) in [5, 5.41) is 2.68. The van der Waals surface area contributed by atoms with Gasteiger partial charge in [0, 0.05) is 6.92 Å². The van der Waals surface area contributed by atoms with Crippen LogP contribution in [0.3, 0.4) is 0 Å². The molecule has 0 aliphatic rings. The van der Waals surface area contributed by atoms with Crippen LogP contribution in [-0.2, 0) is 14.3 Å². The van der Waals surface area contributed by atoms with Gasteiger partial charge in [-0.25, -0.2) is 4.79 Å². The summed E-state index contributed by atoms with van der Waals surface area (Å²) in [6.07, 6.45) is 0. The zero-order valence-corrected chi connectivity index (χ0v) is 10.8. The van der Waals surface area contributed by atoms with Crippen LogP contribution in [-0.4, -0.2) is 18.5 Å². The van der Waals surface area contributed by atoms with Crippen molar-refractivity contribution in [1.82, 2.24) is 5.32 Å². The fraction of sp³-hybridized carbons (Fsp3) is 0.286. The Morgan fingerprint density at radius 3 is 2.28 bits per heavy atom. The molecule has 0 bridgehead atoms. The molecule has 4 nitrogen and oxygen atoms in total. The quantitative estimate of drug-likeness (QED) is 0.655. The van der Waals surface area contributed by atoms with Crippen molar-refractivity contribution in [3.8, 4) is 0 Å². The summed E-state index contributed by atoms with van der Waals surface area (Å²) in [7, 11) is 0. The molecular weight excluding hydrogens is 230 g/mol. The number of carbonyl (C=O) groups excluding carboxylic acids is 2. The van der Waals surface area contributed by atoms with Gasteiger partial charge in [0.05, 0.1) is 17.9 Å². The predicted octanol–water partition coefficient (Wildman–Crippen LogP) is 2.12. The molecule has 0 saturated heterocycles. The minimum atomic E-state index is -0.426. The molecule has 0 aliphatic heterocycles. The maximum Gasteiger partial charge on any atom is 0.335 e. The Labute approximate surface area is 107 Å². The summed E-state index contributed by atoms with van der Waals surface area (Å²) >= 11 is 0. The van der Waals surface area contributed by atoms with E-state index in [2.05, 4.69) is 5.32 Å². The fourth-order valence-corrected chi connectivity index (χ4v) is 1.50. The monoisotopic (exact) mass is 247 g/mol. The van der Waals surface area contributed by atoms with Crippen LogP contribution < -0.4 is 5.32 Å². The summed E-state index contributed by atoms with van der Waals surface area (Å²) in [5.74, 6) is -0.650. The highest BCUT2D eigenvalue weighted by Crippen LogP contribution is 2.16. The molecule has 18 heavy (non-hydrogen) atoms. The first-order chi connectivity index (χ1) is 8.56. The van der Waals surface area contributed by atoms with E-state index in [0.717, 1.165) is 5.56 Å². The highest BCUT2D eigenvalue weighted by atomic mass is 16.5. The normalized spacial score (nSPS) is 11.5. The van der Waals surface area contributed by atoms with E-state index in [1.165, 1.54) is 6.92 Å². The van der Waals surface area contributed by atoms with Gasteiger partial charge in [0.25, 0.3) is 0 Å². The van der Waals surface area contributed by atoms with E-state index < -0.39 is 5.97 Å². The van der Waals surface area contributed by atoms with Gasteiger partial charge in [-0.1, -0.05) is 30.3 Å². The molecule has 1 aromatic carbocycles. The third-order valence-corrected chi connectivity index (χ3v) is 2.32. The number of amides is 1. The van der Waals surface area contributed by atoms with Crippen LogP contribution in [0.15, 0.2) is 35.9 Å². The van der Waals surface area contributed by atoms with Crippen LogP contribution in [0.1, 0.15) is 26.3 Å². The summed E-state index contributed by atoms with van der Waals surface area (Å²) in [5.41, 5.74) is 1.65. The predicted molar refractivity (Wildman–Crippen MR) is 69.5 cm³/mol. The Kier molecular flexibility index (Phi) is 5.11. The second-order valence-electron chi connectivity index (χ2n) is 3.77. The molecule has 1 rings (SSSR count). The second kappa shape index (κ2) is 6.59. The molecule has 0 unspecified atom stereocenters. The summed E-state index contributed by atoms with van der Waals surface area (Å²) in [6, 6.07) is 9.21. The van der Waals surface area contributed by atoms with Crippen molar-refractivity contribution in [3.05, 3.63) is 41.5 Å². The average Bonchev–Trinajstić information content (AvgIpc) is 2.36. The summed E-state index contributed by atoms with van der Waals surface area (Å²) in [4.78, 5) is 22.9.